The van der Waals surface area contributed by atoms with Crippen molar-refractivity contribution in [2.24, 2.45) is 0 Å². The Hall–Kier alpha value is -0.630. The lowest BCUT2D eigenvalue weighted by Crippen LogP contribution is -1.86. The molecule has 0 aromatic heterocycles. The first kappa shape index (κ1) is 8.47. The van der Waals surface area contributed by atoms with E-state index in [4.69, 9.17) is 4.74 Å². The van der Waals surface area contributed by atoms with E-state index in [1.54, 1.807) is 18.9 Å². The topological polar surface area (TPSA) is 9.23 Å². The summed E-state index contributed by atoms with van der Waals surface area (Å²) in [6.45, 7) is 2.04. The van der Waals surface area contributed by atoms with Crippen LogP contribution in [0.25, 0.3) is 0 Å². The molecule has 0 aliphatic heterocycles. The average Bonchev–Trinajstić information content (AvgIpc) is 2.05. The van der Waals surface area contributed by atoms with Crippen molar-refractivity contribution in [2.45, 2.75) is 11.8 Å². The van der Waals surface area contributed by atoms with Gasteiger partial charge >= 0.3 is 0 Å². The second-order valence-electron chi connectivity index (χ2n) is 2.34. The fourth-order valence-electron chi connectivity index (χ4n) is 0.927. The van der Waals surface area contributed by atoms with Crippen molar-refractivity contribution < 1.29 is 4.74 Å². The summed E-state index contributed by atoms with van der Waals surface area (Å²) in [6, 6.07) is 6.23. The monoisotopic (exact) mass is 168 g/mol. The molecule has 0 heterocycles. The molecule has 0 aliphatic carbocycles. The molecule has 1 nitrogen and oxygen atoms in total. The molecule has 0 amide bonds. The predicted molar refractivity (Wildman–Crippen MR) is 49.5 cm³/mol. The first-order chi connectivity index (χ1) is 5.27. The van der Waals surface area contributed by atoms with Gasteiger partial charge in [-0.05, 0) is 30.9 Å². The lowest BCUT2D eigenvalue weighted by atomic mass is 10.2. The van der Waals surface area contributed by atoms with Crippen molar-refractivity contribution in [1.29, 1.82) is 0 Å². The second-order valence-corrected chi connectivity index (χ2v) is 3.22. The Morgan fingerprint density at radius 1 is 1.36 bits per heavy atom. The van der Waals surface area contributed by atoms with E-state index in [1.165, 1.54) is 10.5 Å². The van der Waals surface area contributed by atoms with Crippen molar-refractivity contribution in [3.8, 4) is 5.75 Å². The largest absolute Gasteiger partial charge is 0.496 e. The third kappa shape index (κ3) is 1.90. The predicted octanol–water partition coefficient (Wildman–Crippen LogP) is 2.73. The van der Waals surface area contributed by atoms with E-state index in [9.17, 15) is 0 Å². The van der Waals surface area contributed by atoms with Gasteiger partial charge in [0.25, 0.3) is 0 Å². The normalized spacial score (nSPS) is 9.73. The number of ether oxygens (including phenoxy) is 1. The quantitative estimate of drug-likeness (QED) is 0.628. The number of thioether (sulfide) groups is 1. The standard InChI is InChI=1S/C9H12OS/c1-7-4-5-8(11-3)6-9(7)10-2/h4-6H,1-3H3. The highest BCUT2D eigenvalue weighted by atomic mass is 32.2. The fourth-order valence-corrected chi connectivity index (χ4v) is 1.36. The minimum absolute atomic E-state index is 0.969. The minimum atomic E-state index is 0.969. The second kappa shape index (κ2) is 3.67. The first-order valence-corrected chi connectivity index (χ1v) is 4.69. The molecule has 0 aliphatic rings. The number of aryl methyl sites for hydroxylation is 1. The summed E-state index contributed by atoms with van der Waals surface area (Å²) in [6.07, 6.45) is 2.06. The van der Waals surface area contributed by atoms with Crippen molar-refractivity contribution in [2.75, 3.05) is 13.4 Å². The van der Waals surface area contributed by atoms with Crippen LogP contribution in [0.4, 0.5) is 0 Å². The van der Waals surface area contributed by atoms with Gasteiger partial charge < -0.3 is 4.74 Å². The third-order valence-electron chi connectivity index (χ3n) is 1.62. The number of rotatable bonds is 2. The third-order valence-corrected chi connectivity index (χ3v) is 2.34. The zero-order chi connectivity index (χ0) is 8.27. The van der Waals surface area contributed by atoms with Crippen LogP contribution < -0.4 is 4.74 Å². The Bertz CT molecular complexity index is 245. The maximum atomic E-state index is 5.17. The summed E-state index contributed by atoms with van der Waals surface area (Å²) < 4.78 is 5.17. The Labute approximate surface area is 71.8 Å². The van der Waals surface area contributed by atoms with E-state index >= 15 is 0 Å². The van der Waals surface area contributed by atoms with Gasteiger partial charge in [-0.1, -0.05) is 6.07 Å². The Morgan fingerprint density at radius 2 is 2.09 bits per heavy atom. The average molecular weight is 168 g/mol. The van der Waals surface area contributed by atoms with Crippen LogP contribution >= 0.6 is 11.8 Å². The van der Waals surface area contributed by atoms with Crippen molar-refractivity contribution in [3.63, 3.8) is 0 Å². The Kier molecular flexibility index (Phi) is 2.83. The molecular weight excluding hydrogens is 156 g/mol. The summed E-state index contributed by atoms with van der Waals surface area (Å²) in [5.41, 5.74) is 1.19. The Balaban J connectivity index is 3.02. The van der Waals surface area contributed by atoms with E-state index in [0.29, 0.717) is 0 Å². The fraction of sp³-hybridized carbons (Fsp3) is 0.333. The summed E-state index contributed by atoms with van der Waals surface area (Å²) in [5.74, 6) is 0.969. The van der Waals surface area contributed by atoms with E-state index in [1.807, 2.05) is 6.92 Å². The highest BCUT2D eigenvalue weighted by Gasteiger charge is 1.97. The van der Waals surface area contributed by atoms with Crippen LogP contribution in [0.5, 0.6) is 5.75 Å². The van der Waals surface area contributed by atoms with Gasteiger partial charge in [0.1, 0.15) is 5.75 Å². The van der Waals surface area contributed by atoms with Crippen LogP contribution in [0.1, 0.15) is 5.56 Å². The van der Waals surface area contributed by atoms with Gasteiger partial charge in [0.15, 0.2) is 0 Å². The smallest absolute Gasteiger partial charge is 0.122 e. The molecule has 1 aromatic carbocycles. The number of methoxy groups -OCH3 is 1. The van der Waals surface area contributed by atoms with Crippen molar-refractivity contribution in [1.82, 2.24) is 0 Å². The maximum absolute atomic E-state index is 5.17. The molecule has 0 spiro atoms. The first-order valence-electron chi connectivity index (χ1n) is 3.46. The molecule has 0 radical (unpaired) electrons. The minimum Gasteiger partial charge on any atom is -0.496 e. The molecule has 1 rings (SSSR count). The van der Waals surface area contributed by atoms with E-state index < -0.39 is 0 Å². The van der Waals surface area contributed by atoms with Gasteiger partial charge in [0, 0.05) is 4.90 Å². The van der Waals surface area contributed by atoms with Gasteiger partial charge in [0.2, 0.25) is 0 Å². The van der Waals surface area contributed by atoms with Crippen LogP contribution in [0, 0.1) is 6.92 Å². The Morgan fingerprint density at radius 3 is 2.64 bits per heavy atom. The van der Waals surface area contributed by atoms with Crippen LogP contribution in [0.2, 0.25) is 0 Å². The number of hydrogen-bond donors (Lipinski definition) is 0. The van der Waals surface area contributed by atoms with Gasteiger partial charge in [-0.15, -0.1) is 11.8 Å². The van der Waals surface area contributed by atoms with Crippen molar-refractivity contribution in [3.05, 3.63) is 23.8 Å². The SMILES string of the molecule is COc1cc(SC)ccc1C. The lowest BCUT2D eigenvalue weighted by molar-refractivity contribution is 0.410. The van der Waals surface area contributed by atoms with Crippen LogP contribution in [0.15, 0.2) is 23.1 Å². The zero-order valence-corrected chi connectivity index (χ0v) is 7.87. The molecule has 11 heavy (non-hydrogen) atoms. The highest BCUT2D eigenvalue weighted by molar-refractivity contribution is 7.98. The summed E-state index contributed by atoms with van der Waals surface area (Å²) in [7, 11) is 1.70. The molecule has 0 saturated heterocycles. The molecule has 1 aromatic rings. The molecule has 0 atom stereocenters. The molecular formula is C9H12OS. The molecule has 2 heteroatoms. The summed E-state index contributed by atoms with van der Waals surface area (Å²) >= 11 is 1.73. The molecule has 0 N–H and O–H groups in total. The van der Waals surface area contributed by atoms with Gasteiger partial charge in [-0.3, -0.25) is 0 Å². The molecule has 0 unspecified atom stereocenters. The van der Waals surface area contributed by atoms with Crippen LogP contribution in [-0.4, -0.2) is 13.4 Å². The van der Waals surface area contributed by atoms with Gasteiger partial charge in [-0.2, -0.15) is 0 Å². The zero-order valence-electron chi connectivity index (χ0n) is 7.05. The van der Waals surface area contributed by atoms with Gasteiger partial charge in [0.05, 0.1) is 7.11 Å². The van der Waals surface area contributed by atoms with E-state index in [2.05, 4.69) is 24.5 Å². The number of hydrogen-bond acceptors (Lipinski definition) is 2. The lowest BCUT2D eigenvalue weighted by Gasteiger charge is -2.04. The van der Waals surface area contributed by atoms with Crippen molar-refractivity contribution >= 4 is 11.8 Å². The molecule has 0 fully saturated rings. The maximum Gasteiger partial charge on any atom is 0.122 e. The van der Waals surface area contributed by atoms with Crippen LogP contribution in [-0.2, 0) is 0 Å². The summed E-state index contributed by atoms with van der Waals surface area (Å²) in [4.78, 5) is 1.24. The van der Waals surface area contributed by atoms with Gasteiger partial charge in [-0.25, -0.2) is 0 Å². The van der Waals surface area contributed by atoms with E-state index in [-0.39, 0.29) is 0 Å². The molecule has 0 saturated carbocycles. The molecule has 60 valence electrons. The summed E-state index contributed by atoms with van der Waals surface area (Å²) in [5, 5.41) is 0. The van der Waals surface area contributed by atoms with Crippen LogP contribution in [0.3, 0.4) is 0 Å². The van der Waals surface area contributed by atoms with E-state index in [0.717, 1.165) is 5.75 Å². The highest BCUT2D eigenvalue weighted by Crippen LogP contribution is 2.24. The molecule has 0 bridgehead atoms. The number of benzene rings is 1.